The molecule has 1 heterocycles. The van der Waals surface area contributed by atoms with Crippen molar-refractivity contribution in [2.75, 3.05) is 33.8 Å². The van der Waals surface area contributed by atoms with Crippen LogP contribution in [0.2, 0.25) is 0 Å². The Kier molecular flexibility index (Phi) is 5.80. The number of nitrogens with zero attached hydrogens (tertiary/aromatic N) is 1. The number of benzene rings is 2. The van der Waals surface area contributed by atoms with Crippen LogP contribution in [0.15, 0.2) is 36.4 Å². The van der Waals surface area contributed by atoms with Crippen molar-refractivity contribution in [1.29, 1.82) is 0 Å². The Morgan fingerprint density at radius 3 is 2.96 bits per heavy atom. The molecule has 0 amide bonds. The topological polar surface area (TPSA) is 24.5 Å². The van der Waals surface area contributed by atoms with Gasteiger partial charge in [0, 0.05) is 19.6 Å². The molecule has 0 saturated carbocycles. The number of hydrogen-bond donors (Lipinski definition) is 1. The van der Waals surface area contributed by atoms with Gasteiger partial charge in [0.05, 0.1) is 7.11 Å². The molecule has 0 aromatic heterocycles. The third kappa shape index (κ3) is 4.20. The van der Waals surface area contributed by atoms with Crippen molar-refractivity contribution < 1.29 is 4.74 Å². The summed E-state index contributed by atoms with van der Waals surface area (Å²) in [6.07, 6.45) is 6.00. The zero-order valence-electron chi connectivity index (χ0n) is 16.8. The van der Waals surface area contributed by atoms with E-state index in [1.165, 1.54) is 47.1 Å². The number of methoxy groups -OCH3 is 1. The van der Waals surface area contributed by atoms with Gasteiger partial charge in [0.15, 0.2) is 0 Å². The summed E-state index contributed by atoms with van der Waals surface area (Å²) in [5.74, 6) is 1.70. The highest BCUT2D eigenvalue weighted by Crippen LogP contribution is 2.36. The minimum absolute atomic E-state index is 0.626. The molecular formula is C24H32N2O. The predicted octanol–water partition coefficient (Wildman–Crippen LogP) is 3.94. The highest BCUT2D eigenvalue weighted by atomic mass is 16.5. The van der Waals surface area contributed by atoms with Crippen molar-refractivity contribution in [1.82, 2.24) is 10.2 Å². The van der Waals surface area contributed by atoms with E-state index in [1.807, 2.05) is 0 Å². The van der Waals surface area contributed by atoms with Crippen molar-refractivity contribution >= 4 is 0 Å². The van der Waals surface area contributed by atoms with Gasteiger partial charge in [-0.3, -0.25) is 0 Å². The van der Waals surface area contributed by atoms with Gasteiger partial charge in [-0.15, -0.1) is 0 Å². The van der Waals surface area contributed by atoms with Crippen molar-refractivity contribution in [3.8, 4) is 5.75 Å². The molecule has 1 N–H and O–H groups in total. The number of hydrogen-bond acceptors (Lipinski definition) is 3. The minimum atomic E-state index is 0.626. The molecule has 144 valence electrons. The van der Waals surface area contributed by atoms with Crippen LogP contribution >= 0.6 is 0 Å². The Bertz CT molecular complexity index is 786. The molecule has 0 fully saturated rings. The van der Waals surface area contributed by atoms with Gasteiger partial charge < -0.3 is 15.0 Å². The van der Waals surface area contributed by atoms with E-state index in [1.54, 1.807) is 7.11 Å². The Labute approximate surface area is 163 Å². The Balaban J connectivity index is 1.37. The molecule has 3 heteroatoms. The van der Waals surface area contributed by atoms with Crippen molar-refractivity contribution in [3.63, 3.8) is 0 Å². The number of ether oxygens (including phenoxy) is 1. The molecule has 1 aliphatic carbocycles. The van der Waals surface area contributed by atoms with Gasteiger partial charge in [-0.05, 0) is 85.5 Å². The number of rotatable bonds is 6. The monoisotopic (exact) mass is 364 g/mol. The summed E-state index contributed by atoms with van der Waals surface area (Å²) in [5.41, 5.74) is 7.43. The molecule has 0 radical (unpaired) electrons. The van der Waals surface area contributed by atoms with E-state index >= 15 is 0 Å². The minimum Gasteiger partial charge on any atom is -0.496 e. The summed E-state index contributed by atoms with van der Waals surface area (Å²) < 4.78 is 5.60. The first-order valence-electron chi connectivity index (χ1n) is 10.4. The lowest BCUT2D eigenvalue weighted by Gasteiger charge is -2.30. The zero-order valence-corrected chi connectivity index (χ0v) is 16.8. The van der Waals surface area contributed by atoms with Gasteiger partial charge in [0.1, 0.15) is 5.75 Å². The first kappa shape index (κ1) is 18.5. The highest BCUT2D eigenvalue weighted by molar-refractivity contribution is 5.43. The molecule has 1 unspecified atom stereocenters. The van der Waals surface area contributed by atoms with Crippen LogP contribution in [-0.2, 0) is 25.8 Å². The van der Waals surface area contributed by atoms with Crippen molar-refractivity contribution in [3.05, 3.63) is 64.2 Å². The zero-order chi connectivity index (χ0) is 18.6. The largest absolute Gasteiger partial charge is 0.496 e. The Hall–Kier alpha value is -1.84. The van der Waals surface area contributed by atoms with Gasteiger partial charge in [-0.2, -0.15) is 0 Å². The lowest BCUT2D eigenvalue weighted by atomic mass is 9.82. The van der Waals surface area contributed by atoms with Crippen LogP contribution in [0, 0.1) is 0 Å². The summed E-state index contributed by atoms with van der Waals surface area (Å²) in [7, 11) is 4.06. The van der Waals surface area contributed by atoms with Gasteiger partial charge >= 0.3 is 0 Å². The lowest BCUT2D eigenvalue weighted by Crippen LogP contribution is -2.29. The number of likely N-dealkylation sites (N-methyl/N-ethyl adjacent to an activating group) is 1. The van der Waals surface area contributed by atoms with Gasteiger partial charge in [0.25, 0.3) is 0 Å². The average Bonchev–Trinajstić information content (AvgIpc) is 2.72. The smallest absolute Gasteiger partial charge is 0.122 e. The standard InChI is InChI=1S/C24H32N2O/c1-26(14-12-18-9-10-19-11-13-25-16-21(19)15-18)17-20-5-3-7-23-22(20)6-4-8-24(23)27-2/h4,6,8-10,15,20,25H,3,5,7,11-14,16-17H2,1-2H3. The second kappa shape index (κ2) is 8.45. The SMILES string of the molecule is COc1cccc2c1CCCC2CN(C)CCc1ccc2c(c1)CNCC2. The Morgan fingerprint density at radius 2 is 2.07 bits per heavy atom. The van der Waals surface area contributed by atoms with Crippen LogP contribution < -0.4 is 10.1 Å². The maximum atomic E-state index is 5.60. The van der Waals surface area contributed by atoms with Crippen LogP contribution in [0.4, 0.5) is 0 Å². The van der Waals surface area contributed by atoms with Gasteiger partial charge in [-0.1, -0.05) is 30.3 Å². The third-order valence-corrected chi connectivity index (χ3v) is 6.28. The van der Waals surface area contributed by atoms with E-state index in [-0.39, 0.29) is 0 Å². The van der Waals surface area contributed by atoms with Crippen molar-refractivity contribution in [2.24, 2.45) is 0 Å². The Morgan fingerprint density at radius 1 is 1.15 bits per heavy atom. The lowest BCUT2D eigenvalue weighted by molar-refractivity contribution is 0.299. The quantitative estimate of drug-likeness (QED) is 0.840. The molecule has 2 aliphatic rings. The fraction of sp³-hybridized carbons (Fsp3) is 0.500. The molecular weight excluding hydrogens is 332 g/mol. The molecule has 4 rings (SSSR count). The summed E-state index contributed by atoms with van der Waals surface area (Å²) >= 11 is 0. The predicted molar refractivity (Wildman–Crippen MR) is 112 cm³/mol. The second-order valence-corrected chi connectivity index (χ2v) is 8.16. The summed E-state index contributed by atoms with van der Waals surface area (Å²) in [5, 5.41) is 3.49. The van der Waals surface area contributed by atoms with Gasteiger partial charge in [0.2, 0.25) is 0 Å². The van der Waals surface area contributed by atoms with Crippen LogP contribution in [0.5, 0.6) is 5.75 Å². The molecule has 0 bridgehead atoms. The average molecular weight is 365 g/mol. The first-order valence-corrected chi connectivity index (χ1v) is 10.4. The molecule has 0 spiro atoms. The van der Waals surface area contributed by atoms with E-state index in [9.17, 15) is 0 Å². The number of fused-ring (bicyclic) bond motifs is 2. The van der Waals surface area contributed by atoms with Crippen LogP contribution in [0.3, 0.4) is 0 Å². The first-order chi connectivity index (χ1) is 13.2. The highest BCUT2D eigenvalue weighted by Gasteiger charge is 2.23. The molecule has 1 atom stereocenters. The summed E-state index contributed by atoms with van der Waals surface area (Å²) in [6, 6.07) is 13.7. The van der Waals surface area contributed by atoms with E-state index in [4.69, 9.17) is 4.74 Å². The number of nitrogens with one attached hydrogen (secondary N) is 1. The maximum Gasteiger partial charge on any atom is 0.122 e. The fourth-order valence-corrected chi connectivity index (χ4v) is 4.77. The van der Waals surface area contributed by atoms with E-state index in [2.05, 4.69) is 53.7 Å². The van der Waals surface area contributed by atoms with Crippen LogP contribution in [-0.4, -0.2) is 38.7 Å². The third-order valence-electron chi connectivity index (χ3n) is 6.28. The molecule has 1 aliphatic heterocycles. The molecule has 0 saturated heterocycles. The van der Waals surface area contributed by atoms with Crippen molar-refractivity contribution in [2.45, 2.75) is 44.6 Å². The molecule has 2 aromatic carbocycles. The molecule has 2 aromatic rings. The van der Waals surface area contributed by atoms with E-state index in [0.29, 0.717) is 5.92 Å². The van der Waals surface area contributed by atoms with Gasteiger partial charge in [-0.25, -0.2) is 0 Å². The summed E-state index contributed by atoms with van der Waals surface area (Å²) in [6.45, 7) is 4.39. The van der Waals surface area contributed by atoms with E-state index < -0.39 is 0 Å². The fourth-order valence-electron chi connectivity index (χ4n) is 4.77. The maximum absolute atomic E-state index is 5.60. The second-order valence-electron chi connectivity index (χ2n) is 8.16. The molecule has 3 nitrogen and oxygen atoms in total. The molecule has 27 heavy (non-hydrogen) atoms. The normalized spacial score (nSPS) is 18.9. The van der Waals surface area contributed by atoms with Crippen LogP contribution in [0.1, 0.15) is 46.6 Å². The summed E-state index contributed by atoms with van der Waals surface area (Å²) in [4.78, 5) is 2.51. The van der Waals surface area contributed by atoms with Crippen LogP contribution in [0.25, 0.3) is 0 Å². The van der Waals surface area contributed by atoms with E-state index in [0.717, 1.165) is 44.8 Å².